The minimum atomic E-state index is -0.546. The molecule has 0 aliphatic carbocycles. The van der Waals surface area contributed by atoms with E-state index < -0.39 is 4.92 Å². The van der Waals surface area contributed by atoms with Crippen LogP contribution in [0.1, 0.15) is 5.69 Å². The highest BCUT2D eigenvalue weighted by molar-refractivity contribution is 6.42. The predicted molar refractivity (Wildman–Crippen MR) is 118 cm³/mol. The van der Waals surface area contributed by atoms with Crippen LogP contribution in [-0.4, -0.2) is 19.9 Å². The van der Waals surface area contributed by atoms with Gasteiger partial charge in [0.05, 0.1) is 20.5 Å². The summed E-state index contributed by atoms with van der Waals surface area (Å²) in [5, 5.41) is 19.3. The molecular formula is C20H14Cl2N6O2. The normalized spacial score (nSPS) is 10.8. The van der Waals surface area contributed by atoms with Crippen LogP contribution in [0.5, 0.6) is 0 Å². The zero-order valence-corrected chi connectivity index (χ0v) is 17.1. The third-order valence-electron chi connectivity index (χ3n) is 4.31. The van der Waals surface area contributed by atoms with Crippen molar-refractivity contribution in [3.05, 3.63) is 80.7 Å². The Morgan fingerprint density at radius 2 is 1.73 bits per heavy atom. The van der Waals surface area contributed by atoms with Crippen molar-refractivity contribution in [3.8, 4) is 0 Å². The van der Waals surface area contributed by atoms with E-state index in [0.29, 0.717) is 21.4 Å². The SMILES string of the molecule is Cc1ccc2c(Nc3ncnc(Nc4ccc(Cl)c(Cl)c4)c3[N+](=O)[O-])cccc2n1. The minimum absolute atomic E-state index is 0.0186. The van der Waals surface area contributed by atoms with Crippen LogP contribution in [0.25, 0.3) is 10.9 Å². The number of nitrogens with zero attached hydrogens (tertiary/aromatic N) is 4. The van der Waals surface area contributed by atoms with E-state index in [1.807, 2.05) is 31.2 Å². The van der Waals surface area contributed by atoms with E-state index in [1.54, 1.807) is 24.3 Å². The van der Waals surface area contributed by atoms with Gasteiger partial charge in [-0.05, 0) is 49.4 Å². The van der Waals surface area contributed by atoms with E-state index in [9.17, 15) is 10.1 Å². The molecule has 2 aromatic heterocycles. The highest BCUT2D eigenvalue weighted by Crippen LogP contribution is 2.35. The molecule has 0 saturated heterocycles. The molecule has 30 heavy (non-hydrogen) atoms. The first-order chi connectivity index (χ1) is 14.4. The van der Waals surface area contributed by atoms with Crippen molar-refractivity contribution in [2.45, 2.75) is 6.92 Å². The molecule has 0 aliphatic heterocycles. The molecule has 10 heteroatoms. The number of fused-ring (bicyclic) bond motifs is 1. The molecule has 4 rings (SSSR count). The lowest BCUT2D eigenvalue weighted by Crippen LogP contribution is -2.06. The van der Waals surface area contributed by atoms with Crippen LogP contribution in [0.15, 0.2) is 54.9 Å². The minimum Gasteiger partial charge on any atom is -0.334 e. The Balaban J connectivity index is 1.75. The maximum Gasteiger partial charge on any atom is 0.353 e. The Bertz CT molecular complexity index is 1280. The van der Waals surface area contributed by atoms with Crippen molar-refractivity contribution in [1.82, 2.24) is 15.0 Å². The molecular weight excluding hydrogens is 427 g/mol. The number of pyridine rings is 1. The van der Waals surface area contributed by atoms with Gasteiger partial charge in [0, 0.05) is 22.5 Å². The molecule has 4 aromatic rings. The van der Waals surface area contributed by atoms with E-state index in [1.165, 1.54) is 6.33 Å². The number of hydrogen-bond acceptors (Lipinski definition) is 7. The Morgan fingerprint density at radius 3 is 2.47 bits per heavy atom. The lowest BCUT2D eigenvalue weighted by atomic mass is 10.1. The first-order valence-corrected chi connectivity index (χ1v) is 9.53. The number of anilines is 4. The van der Waals surface area contributed by atoms with Gasteiger partial charge in [0.1, 0.15) is 6.33 Å². The molecule has 0 fully saturated rings. The maximum atomic E-state index is 11.8. The number of aryl methyl sites for hydroxylation is 1. The van der Waals surface area contributed by atoms with Crippen molar-refractivity contribution in [2.24, 2.45) is 0 Å². The summed E-state index contributed by atoms with van der Waals surface area (Å²) in [7, 11) is 0. The number of hydrogen-bond donors (Lipinski definition) is 2. The summed E-state index contributed by atoms with van der Waals surface area (Å²) in [6.45, 7) is 1.90. The first-order valence-electron chi connectivity index (χ1n) is 8.77. The third-order valence-corrected chi connectivity index (χ3v) is 5.05. The van der Waals surface area contributed by atoms with Gasteiger partial charge in [-0.1, -0.05) is 29.3 Å². The Morgan fingerprint density at radius 1 is 0.967 bits per heavy atom. The van der Waals surface area contributed by atoms with Crippen molar-refractivity contribution in [3.63, 3.8) is 0 Å². The summed E-state index contributed by atoms with van der Waals surface area (Å²) in [4.78, 5) is 23.9. The summed E-state index contributed by atoms with van der Waals surface area (Å²) in [5.74, 6) is 0.0655. The fourth-order valence-corrected chi connectivity index (χ4v) is 3.24. The highest BCUT2D eigenvalue weighted by atomic mass is 35.5. The van der Waals surface area contributed by atoms with E-state index in [0.717, 1.165) is 16.6 Å². The maximum absolute atomic E-state index is 11.8. The number of rotatable bonds is 5. The molecule has 0 unspecified atom stereocenters. The zero-order chi connectivity index (χ0) is 21.3. The van der Waals surface area contributed by atoms with E-state index in [2.05, 4.69) is 25.6 Å². The van der Waals surface area contributed by atoms with Crippen molar-refractivity contribution in [1.29, 1.82) is 0 Å². The van der Waals surface area contributed by atoms with Crippen LogP contribution in [0.3, 0.4) is 0 Å². The van der Waals surface area contributed by atoms with Gasteiger partial charge in [-0.3, -0.25) is 15.1 Å². The molecule has 8 nitrogen and oxygen atoms in total. The van der Waals surface area contributed by atoms with Crippen LogP contribution in [-0.2, 0) is 0 Å². The summed E-state index contributed by atoms with van der Waals surface area (Å²) in [6, 6.07) is 14.1. The number of nitrogens with one attached hydrogen (secondary N) is 2. The fraction of sp³-hybridized carbons (Fsp3) is 0.0500. The van der Waals surface area contributed by atoms with Gasteiger partial charge in [0.15, 0.2) is 0 Å². The second-order valence-corrected chi connectivity index (χ2v) is 7.19. The molecule has 0 spiro atoms. The van der Waals surface area contributed by atoms with Gasteiger partial charge < -0.3 is 10.6 Å². The van der Waals surface area contributed by atoms with Crippen LogP contribution < -0.4 is 10.6 Å². The standard InChI is InChI=1S/C20H14Cl2N6O2/c1-11-5-7-13-16(25-11)3-2-4-17(13)27-20-18(28(29)30)19(23-10-24-20)26-12-6-8-14(21)15(22)9-12/h2-10H,1H3,(H2,23,24,26,27). The van der Waals surface area contributed by atoms with Gasteiger partial charge in [-0.2, -0.15) is 0 Å². The van der Waals surface area contributed by atoms with E-state index in [-0.39, 0.29) is 17.3 Å². The number of aromatic nitrogens is 3. The monoisotopic (exact) mass is 440 g/mol. The molecule has 0 atom stereocenters. The Kier molecular flexibility index (Phi) is 5.35. The number of benzene rings is 2. The Hall–Kier alpha value is -3.49. The molecule has 0 aliphatic rings. The Labute approximate surface area is 181 Å². The summed E-state index contributed by atoms with van der Waals surface area (Å²) >= 11 is 12.0. The van der Waals surface area contributed by atoms with Crippen molar-refractivity contribution >= 4 is 62.8 Å². The van der Waals surface area contributed by atoms with Gasteiger partial charge in [-0.25, -0.2) is 9.97 Å². The quantitative estimate of drug-likeness (QED) is 0.287. The zero-order valence-electron chi connectivity index (χ0n) is 15.6. The molecule has 0 saturated carbocycles. The van der Waals surface area contributed by atoms with E-state index >= 15 is 0 Å². The molecule has 0 radical (unpaired) electrons. The predicted octanol–water partition coefficient (Wildman–Crippen LogP) is 6.04. The molecule has 150 valence electrons. The van der Waals surface area contributed by atoms with Gasteiger partial charge in [0.2, 0.25) is 11.6 Å². The third kappa shape index (κ3) is 3.96. The number of halogens is 2. The second-order valence-electron chi connectivity index (χ2n) is 6.38. The fourth-order valence-electron chi connectivity index (χ4n) is 2.94. The largest absolute Gasteiger partial charge is 0.353 e. The molecule has 2 N–H and O–H groups in total. The molecule has 0 bridgehead atoms. The van der Waals surface area contributed by atoms with Gasteiger partial charge in [0.25, 0.3) is 0 Å². The van der Waals surface area contributed by atoms with Crippen molar-refractivity contribution < 1.29 is 4.92 Å². The van der Waals surface area contributed by atoms with Crippen LogP contribution in [0.4, 0.5) is 28.7 Å². The van der Waals surface area contributed by atoms with E-state index in [4.69, 9.17) is 23.2 Å². The highest BCUT2D eigenvalue weighted by Gasteiger charge is 2.24. The number of nitro groups is 1. The van der Waals surface area contributed by atoms with Gasteiger partial charge >= 0.3 is 5.69 Å². The van der Waals surface area contributed by atoms with Crippen LogP contribution in [0.2, 0.25) is 10.0 Å². The second kappa shape index (κ2) is 8.10. The summed E-state index contributed by atoms with van der Waals surface area (Å²) in [5.41, 5.74) is 2.48. The summed E-state index contributed by atoms with van der Waals surface area (Å²) in [6.07, 6.45) is 1.24. The average Bonchev–Trinajstić information content (AvgIpc) is 2.70. The lowest BCUT2D eigenvalue weighted by molar-refractivity contribution is -0.383. The van der Waals surface area contributed by atoms with Crippen LogP contribution in [0, 0.1) is 17.0 Å². The lowest BCUT2D eigenvalue weighted by Gasteiger charge is -2.12. The molecule has 0 amide bonds. The first kappa shape index (κ1) is 19.8. The molecule has 2 heterocycles. The summed E-state index contributed by atoms with van der Waals surface area (Å²) < 4.78 is 0. The topological polar surface area (TPSA) is 106 Å². The molecule has 2 aromatic carbocycles. The van der Waals surface area contributed by atoms with Gasteiger partial charge in [-0.15, -0.1) is 0 Å². The van der Waals surface area contributed by atoms with Crippen molar-refractivity contribution in [2.75, 3.05) is 10.6 Å². The average molecular weight is 441 g/mol. The van der Waals surface area contributed by atoms with Crippen LogP contribution >= 0.6 is 23.2 Å². The smallest absolute Gasteiger partial charge is 0.334 e.